The number of nitriles is 1. The lowest BCUT2D eigenvalue weighted by atomic mass is 10.1. The van der Waals surface area contributed by atoms with Crippen molar-refractivity contribution in [3.05, 3.63) is 23.4 Å². The molecule has 0 unspecified atom stereocenters. The van der Waals surface area contributed by atoms with Crippen LogP contribution in [0.15, 0.2) is 12.7 Å². The maximum atomic E-state index is 9.10. The molecule has 0 radical (unpaired) electrons. The van der Waals surface area contributed by atoms with E-state index in [1.165, 1.54) is 11.5 Å². The Balaban J connectivity index is 1.72. The summed E-state index contributed by atoms with van der Waals surface area (Å²) in [6, 6.07) is 2.51. The van der Waals surface area contributed by atoms with Gasteiger partial charge in [0.15, 0.2) is 5.15 Å². The van der Waals surface area contributed by atoms with Gasteiger partial charge in [-0.2, -0.15) is 14.7 Å². The largest absolute Gasteiger partial charge is 0.361 e. The number of anilines is 1. The predicted molar refractivity (Wildman–Crippen MR) is 72.3 cm³/mol. The topological polar surface area (TPSA) is 70.6 Å². The van der Waals surface area contributed by atoms with E-state index in [4.69, 9.17) is 16.9 Å². The Labute approximate surface area is 119 Å². The van der Waals surface area contributed by atoms with Crippen LogP contribution >= 0.6 is 23.1 Å². The number of piperidine rings is 1. The zero-order valence-electron chi connectivity index (χ0n) is 10.0. The van der Waals surface area contributed by atoms with Crippen LogP contribution in [-0.2, 0) is 0 Å². The second-order valence-electron chi connectivity index (χ2n) is 4.36. The van der Waals surface area contributed by atoms with Gasteiger partial charge < -0.3 is 4.90 Å². The molecule has 0 spiro atoms. The van der Waals surface area contributed by atoms with Crippen LogP contribution in [0, 0.1) is 11.3 Å². The van der Waals surface area contributed by atoms with Crippen molar-refractivity contribution in [2.45, 2.75) is 18.9 Å². The summed E-state index contributed by atoms with van der Waals surface area (Å²) in [6.45, 7) is 1.75. The molecule has 2 aromatic rings. The summed E-state index contributed by atoms with van der Waals surface area (Å²) in [5, 5.41) is 14.5. The lowest BCUT2D eigenvalue weighted by molar-refractivity contribution is 0.367. The highest BCUT2D eigenvalue weighted by Gasteiger charge is 2.25. The highest BCUT2D eigenvalue weighted by atomic mass is 35.5. The second-order valence-corrected chi connectivity index (χ2v) is 5.47. The van der Waals surface area contributed by atoms with E-state index in [9.17, 15) is 0 Å². The average Bonchev–Trinajstić information content (AvgIpc) is 3.08. The third kappa shape index (κ3) is 2.29. The van der Waals surface area contributed by atoms with Crippen molar-refractivity contribution < 1.29 is 0 Å². The molecule has 98 valence electrons. The van der Waals surface area contributed by atoms with Gasteiger partial charge in [-0.25, -0.2) is 9.67 Å². The molecule has 1 saturated heterocycles. The van der Waals surface area contributed by atoms with Crippen molar-refractivity contribution >= 4 is 28.1 Å². The van der Waals surface area contributed by atoms with E-state index in [2.05, 4.69) is 25.4 Å². The molecule has 1 aliphatic rings. The van der Waals surface area contributed by atoms with Gasteiger partial charge in [0.25, 0.3) is 0 Å². The Hall–Kier alpha value is -1.65. The van der Waals surface area contributed by atoms with Crippen molar-refractivity contribution in [2.24, 2.45) is 0 Å². The zero-order chi connectivity index (χ0) is 13.2. The van der Waals surface area contributed by atoms with Gasteiger partial charge in [0.2, 0.25) is 0 Å². The maximum Gasteiger partial charge on any atom is 0.162 e. The number of hydrogen-bond acceptors (Lipinski definition) is 6. The molecular formula is C11H11ClN6S. The van der Waals surface area contributed by atoms with E-state index < -0.39 is 0 Å². The van der Waals surface area contributed by atoms with Crippen molar-refractivity contribution in [2.75, 3.05) is 18.0 Å². The van der Waals surface area contributed by atoms with Crippen LogP contribution in [0.1, 0.15) is 24.4 Å². The van der Waals surface area contributed by atoms with Crippen molar-refractivity contribution in [3.8, 4) is 6.07 Å². The lowest BCUT2D eigenvalue weighted by Crippen LogP contribution is -2.34. The van der Waals surface area contributed by atoms with Gasteiger partial charge in [0, 0.05) is 13.1 Å². The molecule has 0 saturated carbocycles. The Morgan fingerprint density at radius 2 is 2.21 bits per heavy atom. The smallest absolute Gasteiger partial charge is 0.162 e. The molecule has 2 aromatic heterocycles. The summed E-state index contributed by atoms with van der Waals surface area (Å²) in [6.07, 6.45) is 5.27. The Bertz CT molecular complexity index is 593. The molecule has 0 amide bonds. The van der Waals surface area contributed by atoms with Gasteiger partial charge in [0.1, 0.15) is 29.3 Å². The third-order valence-electron chi connectivity index (χ3n) is 3.31. The SMILES string of the molecule is N#Cc1c(Cl)nsc1N1CCC(n2cncn2)CC1. The normalized spacial score (nSPS) is 16.5. The number of nitrogens with zero attached hydrogens (tertiary/aromatic N) is 6. The van der Waals surface area contributed by atoms with Crippen LogP contribution in [-0.4, -0.2) is 32.2 Å². The molecule has 19 heavy (non-hydrogen) atoms. The number of hydrogen-bond donors (Lipinski definition) is 0. The molecule has 1 fully saturated rings. The Morgan fingerprint density at radius 1 is 1.42 bits per heavy atom. The van der Waals surface area contributed by atoms with Crippen molar-refractivity contribution in [1.29, 1.82) is 5.26 Å². The molecule has 0 aromatic carbocycles. The highest BCUT2D eigenvalue weighted by molar-refractivity contribution is 7.10. The third-order valence-corrected chi connectivity index (χ3v) is 4.59. The second kappa shape index (κ2) is 5.15. The minimum Gasteiger partial charge on any atom is -0.361 e. The first-order valence-electron chi connectivity index (χ1n) is 5.94. The fourth-order valence-electron chi connectivity index (χ4n) is 2.31. The van der Waals surface area contributed by atoms with Crippen LogP contribution in [0.3, 0.4) is 0 Å². The molecule has 1 aliphatic heterocycles. The Morgan fingerprint density at radius 3 is 2.84 bits per heavy atom. The van der Waals surface area contributed by atoms with E-state index in [1.54, 1.807) is 12.7 Å². The van der Waals surface area contributed by atoms with Crippen molar-refractivity contribution in [3.63, 3.8) is 0 Å². The van der Waals surface area contributed by atoms with Gasteiger partial charge in [-0.05, 0) is 24.4 Å². The fraction of sp³-hybridized carbons (Fsp3) is 0.455. The first kappa shape index (κ1) is 12.4. The van der Waals surface area contributed by atoms with Gasteiger partial charge in [-0.15, -0.1) is 0 Å². The average molecular weight is 295 g/mol. The summed E-state index contributed by atoms with van der Waals surface area (Å²) in [7, 11) is 0. The summed E-state index contributed by atoms with van der Waals surface area (Å²) in [5.41, 5.74) is 0.492. The standard InChI is InChI=1S/C11H11ClN6S/c12-10-9(5-13)11(19-16-10)17-3-1-8(2-4-17)18-7-14-6-15-18/h6-8H,1-4H2. The summed E-state index contributed by atoms with van der Waals surface area (Å²) in [4.78, 5) is 6.15. The van der Waals surface area contributed by atoms with Crippen LogP contribution < -0.4 is 4.90 Å². The van der Waals surface area contributed by atoms with E-state index in [0.29, 0.717) is 16.8 Å². The van der Waals surface area contributed by atoms with Gasteiger partial charge in [-0.3, -0.25) is 0 Å². The predicted octanol–water partition coefficient (Wildman–Crippen LogP) is 2.10. The van der Waals surface area contributed by atoms with Crippen LogP contribution in [0.25, 0.3) is 0 Å². The van der Waals surface area contributed by atoms with Crippen LogP contribution in [0.4, 0.5) is 5.00 Å². The zero-order valence-corrected chi connectivity index (χ0v) is 11.6. The molecule has 0 bridgehead atoms. The molecule has 0 N–H and O–H groups in total. The summed E-state index contributed by atoms with van der Waals surface area (Å²) >= 11 is 7.19. The molecule has 0 aliphatic carbocycles. The molecule has 8 heteroatoms. The summed E-state index contributed by atoms with van der Waals surface area (Å²) < 4.78 is 5.95. The van der Waals surface area contributed by atoms with E-state index in [0.717, 1.165) is 30.9 Å². The molecule has 3 rings (SSSR count). The van der Waals surface area contributed by atoms with E-state index in [-0.39, 0.29) is 0 Å². The van der Waals surface area contributed by atoms with E-state index >= 15 is 0 Å². The Kier molecular flexibility index (Phi) is 3.36. The number of halogens is 1. The van der Waals surface area contributed by atoms with Crippen molar-refractivity contribution in [1.82, 2.24) is 19.1 Å². The lowest BCUT2D eigenvalue weighted by Gasteiger charge is -2.32. The van der Waals surface area contributed by atoms with Gasteiger partial charge in [0.05, 0.1) is 6.04 Å². The van der Waals surface area contributed by atoms with Crippen LogP contribution in [0.5, 0.6) is 0 Å². The van der Waals surface area contributed by atoms with Crippen LogP contribution in [0.2, 0.25) is 5.15 Å². The maximum absolute atomic E-state index is 9.10. The minimum absolute atomic E-state index is 0.306. The first-order chi connectivity index (χ1) is 9.29. The number of aromatic nitrogens is 4. The molecule has 0 atom stereocenters. The van der Waals surface area contributed by atoms with Gasteiger partial charge in [-0.1, -0.05) is 11.6 Å². The molecular weight excluding hydrogens is 284 g/mol. The fourth-order valence-corrected chi connectivity index (χ4v) is 3.39. The minimum atomic E-state index is 0.306. The molecule has 3 heterocycles. The number of rotatable bonds is 2. The summed E-state index contributed by atoms with van der Waals surface area (Å²) in [5.74, 6) is 0. The quantitative estimate of drug-likeness (QED) is 0.848. The van der Waals surface area contributed by atoms with Gasteiger partial charge >= 0.3 is 0 Å². The highest BCUT2D eigenvalue weighted by Crippen LogP contribution is 2.34. The monoisotopic (exact) mass is 294 g/mol. The van der Waals surface area contributed by atoms with E-state index in [1.807, 2.05) is 4.68 Å². The first-order valence-corrected chi connectivity index (χ1v) is 7.09. The molecule has 6 nitrogen and oxygen atoms in total.